The molecule has 0 aromatic rings. The van der Waals surface area contributed by atoms with E-state index in [1.807, 2.05) is 33.3 Å². The van der Waals surface area contributed by atoms with Crippen LogP contribution in [0.2, 0.25) is 0 Å². The third-order valence-corrected chi connectivity index (χ3v) is 14.6. The number of likely N-dealkylation sites (N-methyl/N-ethyl adjacent to an activating group) is 1. The molecule has 0 bridgehead atoms. The van der Waals surface area contributed by atoms with Crippen molar-refractivity contribution in [2.24, 2.45) is 0 Å². The number of nitrogens with zero attached hydrogens (tertiary/aromatic N) is 1. The molecule has 72 heavy (non-hydrogen) atoms. The summed E-state index contributed by atoms with van der Waals surface area (Å²) in [5.74, 6) is -0.520. The number of phosphoric acid groups is 1. The number of unbranched alkanes of at least 4 members (excludes halogenated alkanes) is 35. The van der Waals surface area contributed by atoms with E-state index in [2.05, 4.69) is 62.5 Å². The van der Waals surface area contributed by atoms with Crippen LogP contribution >= 0.6 is 7.82 Å². The van der Waals surface area contributed by atoms with Crippen molar-refractivity contribution in [3.05, 3.63) is 48.6 Å². The molecule has 10 heteroatoms. The number of rotatable bonds is 55. The van der Waals surface area contributed by atoms with E-state index in [0.717, 1.165) is 83.5 Å². The van der Waals surface area contributed by atoms with E-state index in [1.165, 1.54) is 167 Å². The number of carbonyl (C=O) groups excluding carboxylic acids is 2. The summed E-state index contributed by atoms with van der Waals surface area (Å²) >= 11 is 0. The Balaban J connectivity index is 5.20. The lowest BCUT2D eigenvalue weighted by Crippen LogP contribution is -2.47. The summed E-state index contributed by atoms with van der Waals surface area (Å²) in [6.45, 7) is 6.89. The molecule has 0 fully saturated rings. The van der Waals surface area contributed by atoms with Crippen molar-refractivity contribution in [1.82, 2.24) is 5.32 Å². The molecule has 0 aliphatic rings. The Labute approximate surface area is 446 Å². The Morgan fingerprint density at radius 3 is 1.32 bits per heavy atom. The van der Waals surface area contributed by atoms with Gasteiger partial charge in [-0.3, -0.25) is 18.6 Å². The Bertz CT molecular complexity index is 1380. The maximum atomic E-state index is 13.5. The fourth-order valence-electron chi connectivity index (χ4n) is 8.88. The second-order valence-corrected chi connectivity index (χ2v) is 23.4. The van der Waals surface area contributed by atoms with Crippen LogP contribution in [0.15, 0.2) is 48.6 Å². The summed E-state index contributed by atoms with van der Waals surface area (Å²) in [5.41, 5.74) is 0. The first kappa shape index (κ1) is 70.0. The summed E-state index contributed by atoms with van der Waals surface area (Å²) in [6.07, 6.45) is 64.0. The standard InChI is InChI=1S/C62H117N2O7P/c1-7-10-13-16-19-22-25-28-29-30-31-32-33-34-35-37-40-43-46-49-52-55-62(66)71-60(53-50-47-44-41-38-27-24-21-18-15-12-9-3)59(58-70-72(67,68)69-57-56-64(4,5)6)63-61(65)54-51-48-45-42-39-36-26-23-20-17-14-11-8-2/h11,14,17,20,23,26,50,53,59-60H,7-10,12-13,15-16,18-19,21-22,24-25,27-49,51-52,54-58H2,1-6H3,(H-,63,65,67,68)/p+1/b14-11+,20-17+,26-23-,53-50-. The highest BCUT2D eigenvalue weighted by Gasteiger charge is 2.30. The van der Waals surface area contributed by atoms with Crippen molar-refractivity contribution in [2.75, 3.05) is 40.9 Å². The molecule has 0 spiro atoms. The van der Waals surface area contributed by atoms with Crippen molar-refractivity contribution in [3.8, 4) is 0 Å². The summed E-state index contributed by atoms with van der Waals surface area (Å²) in [5, 5.41) is 3.04. The second kappa shape index (κ2) is 52.4. The first-order valence-corrected chi connectivity index (χ1v) is 32.0. The van der Waals surface area contributed by atoms with Crippen molar-refractivity contribution in [3.63, 3.8) is 0 Å². The number of carbonyl (C=O) groups is 2. The van der Waals surface area contributed by atoms with Gasteiger partial charge in [0.05, 0.1) is 33.8 Å². The molecule has 0 aromatic carbocycles. The van der Waals surface area contributed by atoms with Gasteiger partial charge in [0.25, 0.3) is 0 Å². The van der Waals surface area contributed by atoms with Crippen LogP contribution in [0.1, 0.15) is 284 Å². The second-order valence-electron chi connectivity index (χ2n) is 21.9. The fraction of sp³-hybridized carbons (Fsp3) is 0.839. The van der Waals surface area contributed by atoms with Crippen LogP contribution in [-0.2, 0) is 27.9 Å². The average Bonchev–Trinajstić information content (AvgIpc) is 3.34. The van der Waals surface area contributed by atoms with E-state index in [9.17, 15) is 19.0 Å². The molecule has 422 valence electrons. The van der Waals surface area contributed by atoms with Gasteiger partial charge in [0.15, 0.2) is 0 Å². The van der Waals surface area contributed by atoms with Gasteiger partial charge in [0.2, 0.25) is 5.91 Å². The number of allylic oxidation sites excluding steroid dienone is 7. The number of quaternary nitrogens is 1. The lowest BCUT2D eigenvalue weighted by Gasteiger charge is -2.27. The van der Waals surface area contributed by atoms with Gasteiger partial charge < -0.3 is 19.4 Å². The third-order valence-electron chi connectivity index (χ3n) is 13.6. The van der Waals surface area contributed by atoms with Gasteiger partial charge in [-0.05, 0) is 51.0 Å². The number of esters is 1. The lowest BCUT2D eigenvalue weighted by molar-refractivity contribution is -0.870. The molecule has 0 heterocycles. The van der Waals surface area contributed by atoms with Crippen LogP contribution in [0.5, 0.6) is 0 Å². The normalized spacial score (nSPS) is 14.0. The van der Waals surface area contributed by atoms with Crippen molar-refractivity contribution < 1.29 is 37.3 Å². The van der Waals surface area contributed by atoms with Crippen molar-refractivity contribution in [1.29, 1.82) is 0 Å². The highest BCUT2D eigenvalue weighted by atomic mass is 31.2. The number of nitrogens with one attached hydrogen (secondary N) is 1. The van der Waals surface area contributed by atoms with Crippen molar-refractivity contribution in [2.45, 2.75) is 296 Å². The largest absolute Gasteiger partial charge is 0.472 e. The van der Waals surface area contributed by atoms with Crippen LogP contribution < -0.4 is 5.32 Å². The topological polar surface area (TPSA) is 111 Å². The van der Waals surface area contributed by atoms with Crippen LogP contribution in [-0.4, -0.2) is 74.3 Å². The summed E-state index contributed by atoms with van der Waals surface area (Å²) in [6, 6.07) is -0.856. The molecule has 2 N–H and O–H groups in total. The van der Waals surface area contributed by atoms with E-state index >= 15 is 0 Å². The molecule has 0 aliphatic carbocycles. The Morgan fingerprint density at radius 1 is 0.500 bits per heavy atom. The zero-order valence-electron chi connectivity index (χ0n) is 48.2. The smallest absolute Gasteiger partial charge is 0.456 e. The Hall–Kier alpha value is -2.03. The van der Waals surface area contributed by atoms with Crippen LogP contribution in [0.3, 0.4) is 0 Å². The molecule has 3 atom stereocenters. The molecule has 3 unspecified atom stereocenters. The highest BCUT2D eigenvalue weighted by Crippen LogP contribution is 2.43. The minimum Gasteiger partial charge on any atom is -0.456 e. The quantitative estimate of drug-likeness (QED) is 0.0156. The number of hydrogen-bond acceptors (Lipinski definition) is 6. The van der Waals surface area contributed by atoms with Gasteiger partial charge in [-0.15, -0.1) is 0 Å². The van der Waals surface area contributed by atoms with Gasteiger partial charge >= 0.3 is 13.8 Å². The predicted octanol–water partition coefficient (Wildman–Crippen LogP) is 18.5. The number of hydrogen-bond donors (Lipinski definition) is 2. The van der Waals surface area contributed by atoms with E-state index in [0.29, 0.717) is 23.9 Å². The highest BCUT2D eigenvalue weighted by molar-refractivity contribution is 7.47. The third kappa shape index (κ3) is 52.8. The van der Waals surface area contributed by atoms with E-state index in [4.69, 9.17) is 13.8 Å². The molecular weight excluding hydrogens is 916 g/mol. The summed E-state index contributed by atoms with van der Waals surface area (Å²) in [4.78, 5) is 37.6. The zero-order valence-corrected chi connectivity index (χ0v) is 49.1. The predicted molar refractivity (Wildman–Crippen MR) is 309 cm³/mol. The molecule has 1 amide bonds. The molecule has 0 aliphatic heterocycles. The molecule has 0 aromatic heterocycles. The monoisotopic (exact) mass is 1030 g/mol. The van der Waals surface area contributed by atoms with E-state index in [1.54, 1.807) is 0 Å². The van der Waals surface area contributed by atoms with Gasteiger partial charge in [0, 0.05) is 12.8 Å². The molecule has 0 saturated carbocycles. The molecule has 9 nitrogen and oxygen atoms in total. The van der Waals surface area contributed by atoms with Crippen LogP contribution in [0.25, 0.3) is 0 Å². The molecule has 0 saturated heterocycles. The zero-order chi connectivity index (χ0) is 52.9. The van der Waals surface area contributed by atoms with Gasteiger partial charge in [-0.25, -0.2) is 4.57 Å². The summed E-state index contributed by atoms with van der Waals surface area (Å²) in [7, 11) is 1.49. The molecule has 0 rings (SSSR count). The number of amides is 1. The van der Waals surface area contributed by atoms with E-state index < -0.39 is 20.0 Å². The Morgan fingerprint density at radius 2 is 0.889 bits per heavy atom. The summed E-state index contributed by atoms with van der Waals surface area (Å²) < 4.78 is 30.6. The number of ether oxygens (including phenoxy) is 1. The minimum absolute atomic E-state index is 0.0367. The lowest BCUT2D eigenvalue weighted by atomic mass is 10.0. The maximum absolute atomic E-state index is 13.5. The molecule has 0 radical (unpaired) electrons. The fourth-order valence-corrected chi connectivity index (χ4v) is 9.62. The van der Waals surface area contributed by atoms with Crippen LogP contribution in [0, 0.1) is 0 Å². The first-order chi connectivity index (χ1) is 34.9. The molecular formula is C62H118N2O7P+. The van der Waals surface area contributed by atoms with Gasteiger partial charge in [0.1, 0.15) is 19.3 Å². The van der Waals surface area contributed by atoms with Crippen molar-refractivity contribution >= 4 is 19.7 Å². The Kier molecular flexibility index (Phi) is 50.9. The maximum Gasteiger partial charge on any atom is 0.472 e. The van der Waals surface area contributed by atoms with E-state index in [-0.39, 0.29) is 25.1 Å². The van der Waals surface area contributed by atoms with Gasteiger partial charge in [-0.2, -0.15) is 0 Å². The van der Waals surface area contributed by atoms with Crippen LogP contribution in [0.4, 0.5) is 0 Å². The minimum atomic E-state index is -4.45. The number of phosphoric ester groups is 1. The average molecular weight is 1030 g/mol. The van der Waals surface area contributed by atoms with Gasteiger partial charge in [-0.1, -0.05) is 269 Å². The SMILES string of the molecule is CC/C=C/C=C/C=C\CCCCCCCC(=O)NC(COP(=O)(O)OCC[N+](C)(C)C)C(/C=C\CCCCCCCCCCCC)OC(=O)CCCCCCCCCCCCCCCCCCCCCCC. The first-order valence-electron chi connectivity index (χ1n) is 30.5.